The van der Waals surface area contributed by atoms with Crippen molar-refractivity contribution in [3.05, 3.63) is 65.5 Å². The molecule has 1 amide bonds. The largest absolute Gasteiger partial charge is 0.491 e. The van der Waals surface area contributed by atoms with E-state index in [4.69, 9.17) is 9.47 Å². The molecule has 1 aliphatic rings. The third-order valence-electron chi connectivity index (χ3n) is 4.45. The first kappa shape index (κ1) is 18.4. The van der Waals surface area contributed by atoms with Crippen molar-refractivity contribution in [2.24, 2.45) is 0 Å². The summed E-state index contributed by atoms with van der Waals surface area (Å²) < 4.78 is 23.5. The molecule has 1 saturated heterocycles. The second kappa shape index (κ2) is 7.85. The Kier molecular flexibility index (Phi) is 5.54. The highest BCUT2D eigenvalue weighted by Crippen LogP contribution is 2.24. The highest BCUT2D eigenvalue weighted by molar-refractivity contribution is 5.94. The highest BCUT2D eigenvalue weighted by Gasteiger charge is 2.39. The molecule has 1 heterocycles. The molecule has 0 aromatic heterocycles. The van der Waals surface area contributed by atoms with Gasteiger partial charge in [0.25, 0.3) is 5.91 Å². The molecule has 26 heavy (non-hydrogen) atoms. The number of aliphatic hydroxyl groups is 1. The van der Waals surface area contributed by atoms with Crippen LogP contribution in [0.2, 0.25) is 0 Å². The summed E-state index contributed by atoms with van der Waals surface area (Å²) in [6.45, 7) is 1.21. The zero-order valence-electron chi connectivity index (χ0n) is 14.7. The molecule has 1 unspecified atom stereocenters. The quantitative estimate of drug-likeness (QED) is 0.861. The maximum Gasteiger partial charge on any atom is 0.253 e. The van der Waals surface area contributed by atoms with E-state index in [1.807, 2.05) is 12.1 Å². The number of methoxy groups -OCH3 is 1. The van der Waals surface area contributed by atoms with Gasteiger partial charge in [-0.2, -0.15) is 0 Å². The fourth-order valence-electron chi connectivity index (χ4n) is 2.99. The third kappa shape index (κ3) is 4.39. The average Bonchev–Trinajstić information content (AvgIpc) is 3.04. The molecular formula is C20H22FNO4. The number of nitrogens with zero attached hydrogens (tertiary/aromatic N) is 1. The summed E-state index contributed by atoms with van der Waals surface area (Å²) in [4.78, 5) is 14.2. The molecule has 0 aliphatic carbocycles. The molecule has 0 saturated carbocycles. The molecule has 6 heteroatoms. The van der Waals surface area contributed by atoms with E-state index in [2.05, 4.69) is 0 Å². The maximum absolute atomic E-state index is 12.9. The van der Waals surface area contributed by atoms with Crippen LogP contribution in [0.15, 0.2) is 48.5 Å². The monoisotopic (exact) mass is 359 g/mol. The van der Waals surface area contributed by atoms with Crippen molar-refractivity contribution < 1.29 is 23.8 Å². The zero-order valence-corrected chi connectivity index (χ0v) is 14.7. The van der Waals surface area contributed by atoms with E-state index in [-0.39, 0.29) is 24.9 Å². The van der Waals surface area contributed by atoms with Crippen LogP contribution >= 0.6 is 0 Å². The minimum atomic E-state index is -1.11. The first-order valence-electron chi connectivity index (χ1n) is 8.47. The Morgan fingerprint density at radius 3 is 2.54 bits per heavy atom. The van der Waals surface area contributed by atoms with Gasteiger partial charge in [0.1, 0.15) is 23.8 Å². The van der Waals surface area contributed by atoms with Crippen LogP contribution in [0.4, 0.5) is 4.39 Å². The van der Waals surface area contributed by atoms with E-state index in [0.29, 0.717) is 30.9 Å². The van der Waals surface area contributed by atoms with Crippen LogP contribution in [0.3, 0.4) is 0 Å². The zero-order chi connectivity index (χ0) is 18.6. The number of ether oxygens (including phenoxy) is 2. The van der Waals surface area contributed by atoms with Gasteiger partial charge in [-0.3, -0.25) is 4.79 Å². The Hall–Kier alpha value is -2.44. The Morgan fingerprint density at radius 2 is 1.88 bits per heavy atom. The molecule has 138 valence electrons. The number of halogens is 1. The van der Waals surface area contributed by atoms with Crippen molar-refractivity contribution in [3.63, 3.8) is 0 Å². The van der Waals surface area contributed by atoms with Crippen LogP contribution in [0.5, 0.6) is 5.75 Å². The Balaban J connectivity index is 1.57. The molecule has 1 N–H and O–H groups in total. The Bertz CT molecular complexity index is 747. The first-order chi connectivity index (χ1) is 12.5. The lowest BCUT2D eigenvalue weighted by atomic mass is 10.1. The summed E-state index contributed by atoms with van der Waals surface area (Å²) in [5, 5.41) is 10.7. The summed E-state index contributed by atoms with van der Waals surface area (Å²) in [6, 6.07) is 12.9. The van der Waals surface area contributed by atoms with Crippen molar-refractivity contribution in [2.45, 2.75) is 18.6 Å². The number of carbonyl (C=O) groups is 1. The fraction of sp³-hybridized carbons (Fsp3) is 0.350. The molecule has 2 aromatic rings. The van der Waals surface area contributed by atoms with Crippen LogP contribution in [-0.4, -0.2) is 48.3 Å². The first-order valence-corrected chi connectivity index (χ1v) is 8.47. The number of β-amino-alcohol motifs (C(OH)–C–C–N with tert-alkyl or cyclic N) is 1. The number of rotatable bonds is 6. The standard InChI is InChI=1S/C20H22FNO4/c1-25-12-15-2-4-16(5-3-15)19(23)22-11-10-20(24,13-22)14-26-18-8-6-17(21)7-9-18/h2-9,24H,10-14H2,1H3. The lowest BCUT2D eigenvalue weighted by Gasteiger charge is -2.23. The van der Waals surface area contributed by atoms with Gasteiger partial charge in [-0.25, -0.2) is 4.39 Å². The number of amides is 1. The summed E-state index contributed by atoms with van der Waals surface area (Å²) in [5.41, 5.74) is 0.461. The van der Waals surface area contributed by atoms with Gasteiger partial charge in [-0.15, -0.1) is 0 Å². The van der Waals surface area contributed by atoms with Crippen LogP contribution < -0.4 is 4.74 Å². The minimum absolute atomic E-state index is 0.0508. The average molecular weight is 359 g/mol. The van der Waals surface area contributed by atoms with E-state index < -0.39 is 5.60 Å². The lowest BCUT2D eigenvalue weighted by molar-refractivity contribution is 0.00429. The minimum Gasteiger partial charge on any atom is -0.491 e. The predicted octanol–water partition coefficient (Wildman–Crippen LogP) is 2.63. The molecule has 1 fully saturated rings. The normalized spacial score (nSPS) is 19.6. The number of hydrogen-bond acceptors (Lipinski definition) is 4. The van der Waals surface area contributed by atoms with Gasteiger partial charge >= 0.3 is 0 Å². The smallest absolute Gasteiger partial charge is 0.253 e. The van der Waals surface area contributed by atoms with E-state index >= 15 is 0 Å². The number of likely N-dealkylation sites (tertiary alicyclic amines) is 1. The van der Waals surface area contributed by atoms with Crippen LogP contribution in [-0.2, 0) is 11.3 Å². The van der Waals surface area contributed by atoms with Crippen LogP contribution in [0, 0.1) is 5.82 Å². The van der Waals surface area contributed by atoms with Crippen molar-refractivity contribution in [3.8, 4) is 5.75 Å². The molecule has 1 atom stereocenters. The van der Waals surface area contributed by atoms with Gasteiger partial charge in [0, 0.05) is 19.2 Å². The maximum atomic E-state index is 12.9. The molecule has 2 aromatic carbocycles. The lowest BCUT2D eigenvalue weighted by Crippen LogP contribution is -2.40. The van der Waals surface area contributed by atoms with Crippen LogP contribution in [0.25, 0.3) is 0 Å². The fourth-order valence-corrected chi connectivity index (χ4v) is 2.99. The van der Waals surface area contributed by atoms with Gasteiger partial charge in [0.2, 0.25) is 0 Å². The second-order valence-corrected chi connectivity index (χ2v) is 6.57. The van der Waals surface area contributed by atoms with Crippen LogP contribution in [0.1, 0.15) is 22.3 Å². The summed E-state index contributed by atoms with van der Waals surface area (Å²) in [6.07, 6.45) is 0.432. The van der Waals surface area contributed by atoms with Crippen molar-refractivity contribution in [1.29, 1.82) is 0 Å². The third-order valence-corrected chi connectivity index (χ3v) is 4.45. The van der Waals surface area contributed by atoms with E-state index in [0.717, 1.165) is 5.56 Å². The van der Waals surface area contributed by atoms with Gasteiger partial charge in [0.15, 0.2) is 0 Å². The molecule has 0 bridgehead atoms. The molecule has 0 radical (unpaired) electrons. The SMILES string of the molecule is COCc1ccc(C(=O)N2CCC(O)(COc3ccc(F)cc3)C2)cc1. The molecule has 5 nitrogen and oxygen atoms in total. The Morgan fingerprint density at radius 1 is 1.19 bits per heavy atom. The van der Waals surface area contributed by atoms with E-state index in [9.17, 15) is 14.3 Å². The summed E-state index contributed by atoms with van der Waals surface area (Å²) in [7, 11) is 1.62. The Labute approximate surface area is 152 Å². The molecule has 1 aliphatic heterocycles. The molecular weight excluding hydrogens is 337 g/mol. The van der Waals surface area contributed by atoms with Gasteiger partial charge in [0.05, 0.1) is 13.2 Å². The topological polar surface area (TPSA) is 59.0 Å². The number of hydrogen-bond donors (Lipinski definition) is 1. The van der Waals surface area contributed by atoms with Gasteiger partial charge < -0.3 is 19.5 Å². The van der Waals surface area contributed by atoms with Crippen molar-refractivity contribution >= 4 is 5.91 Å². The van der Waals surface area contributed by atoms with Gasteiger partial charge in [-0.05, 0) is 48.4 Å². The predicted molar refractivity (Wildman–Crippen MR) is 94.5 cm³/mol. The number of benzene rings is 2. The molecule has 3 rings (SSSR count). The summed E-state index contributed by atoms with van der Waals surface area (Å²) in [5.74, 6) is 0.0234. The van der Waals surface area contributed by atoms with E-state index in [1.165, 1.54) is 24.3 Å². The highest BCUT2D eigenvalue weighted by atomic mass is 19.1. The van der Waals surface area contributed by atoms with Gasteiger partial charge in [-0.1, -0.05) is 12.1 Å². The molecule has 0 spiro atoms. The summed E-state index contributed by atoms with van der Waals surface area (Å²) >= 11 is 0. The van der Waals surface area contributed by atoms with Crippen molar-refractivity contribution in [1.82, 2.24) is 4.90 Å². The number of carbonyl (C=O) groups excluding carboxylic acids is 1. The second-order valence-electron chi connectivity index (χ2n) is 6.57. The van der Waals surface area contributed by atoms with E-state index in [1.54, 1.807) is 24.1 Å². The van der Waals surface area contributed by atoms with Crippen molar-refractivity contribution in [2.75, 3.05) is 26.8 Å².